The third kappa shape index (κ3) is 6.02. The maximum Gasteiger partial charge on any atom is 0.280 e. The normalized spacial score (nSPS) is 11.2. The zero-order chi connectivity index (χ0) is 22.5. The van der Waals surface area contributed by atoms with E-state index >= 15 is 0 Å². The Hall–Kier alpha value is -2.03. The number of aromatic nitrogens is 1. The molecule has 1 aromatic heterocycles. The Morgan fingerprint density at radius 2 is 1.71 bits per heavy atom. The van der Waals surface area contributed by atoms with Crippen molar-refractivity contribution in [1.82, 2.24) is 4.68 Å². The molecule has 5 nitrogen and oxygen atoms in total. The molecule has 0 spiro atoms. The van der Waals surface area contributed by atoms with Crippen LogP contribution in [0.15, 0.2) is 54.1 Å². The number of hydrogen-bond acceptors (Lipinski definition) is 3. The van der Waals surface area contributed by atoms with Gasteiger partial charge in [0.2, 0.25) is 0 Å². The molecule has 0 fully saturated rings. The van der Waals surface area contributed by atoms with Crippen LogP contribution in [-0.4, -0.2) is 10.6 Å². The number of nitrogens with one attached hydrogen (secondary N) is 1. The van der Waals surface area contributed by atoms with Crippen LogP contribution >= 0.6 is 56.8 Å². The predicted molar refractivity (Wildman–Crippen MR) is 140 cm³/mol. The molecule has 0 aliphatic rings. The van der Waals surface area contributed by atoms with Crippen LogP contribution in [0.25, 0.3) is 6.08 Å². The molecular formula is C23H18ClI2N3O2. The summed E-state index contributed by atoms with van der Waals surface area (Å²) in [7, 11) is 0. The van der Waals surface area contributed by atoms with Gasteiger partial charge < -0.3 is 4.74 Å². The van der Waals surface area contributed by atoms with Crippen molar-refractivity contribution in [2.75, 3.05) is 5.43 Å². The van der Waals surface area contributed by atoms with E-state index in [2.05, 4.69) is 50.6 Å². The molecule has 8 heteroatoms. The summed E-state index contributed by atoms with van der Waals surface area (Å²) in [6, 6.07) is 17.1. The fourth-order valence-corrected chi connectivity index (χ4v) is 5.11. The maximum absolute atomic E-state index is 12.6. The summed E-state index contributed by atoms with van der Waals surface area (Å²) in [5.74, 6) is 0.299. The second kappa shape index (κ2) is 10.5. The average Bonchev–Trinajstić information content (AvgIpc) is 3.04. The van der Waals surface area contributed by atoms with Crippen molar-refractivity contribution in [3.8, 4) is 11.8 Å². The number of amides is 1. The van der Waals surface area contributed by atoms with Crippen molar-refractivity contribution >= 4 is 68.8 Å². The smallest absolute Gasteiger partial charge is 0.280 e. The summed E-state index contributed by atoms with van der Waals surface area (Å²) in [5, 5.41) is 10.2. The summed E-state index contributed by atoms with van der Waals surface area (Å²) in [5.41, 5.74) is 6.31. The van der Waals surface area contributed by atoms with Crippen molar-refractivity contribution in [2.45, 2.75) is 20.5 Å². The van der Waals surface area contributed by atoms with E-state index in [4.69, 9.17) is 16.3 Å². The van der Waals surface area contributed by atoms with Gasteiger partial charge in [-0.25, -0.2) is 0 Å². The van der Waals surface area contributed by atoms with E-state index in [0.29, 0.717) is 11.6 Å². The molecule has 0 unspecified atom stereocenters. The first-order chi connectivity index (χ1) is 14.8. The van der Waals surface area contributed by atoms with Gasteiger partial charge in [0.05, 0.1) is 7.14 Å². The number of hydrogen-bond donors (Lipinski definition) is 1. The third-order valence-corrected chi connectivity index (χ3v) is 6.33. The Bertz CT molecular complexity index is 1150. The van der Waals surface area contributed by atoms with Crippen LogP contribution in [0.5, 0.6) is 5.75 Å². The number of nitriles is 1. The zero-order valence-corrected chi connectivity index (χ0v) is 21.8. The average molecular weight is 658 g/mol. The molecule has 0 atom stereocenters. The molecule has 158 valence electrons. The summed E-state index contributed by atoms with van der Waals surface area (Å²) in [6.45, 7) is 4.19. The van der Waals surface area contributed by atoms with Crippen LogP contribution in [0.4, 0.5) is 0 Å². The number of aryl methyl sites for hydroxylation is 2. The number of carbonyl (C=O) groups is 1. The molecule has 0 aliphatic heterocycles. The van der Waals surface area contributed by atoms with E-state index in [-0.39, 0.29) is 5.57 Å². The standard InChI is InChI=1S/C23H18ClI2N3O2/c1-14-3-4-15(2)29(14)28-23(30)18(12-27)9-17-10-20(25)22(21(26)11-17)31-13-16-5-7-19(24)8-6-16/h3-11H,13H2,1-2H3,(H,28,30)/b18-9-. The fourth-order valence-electron chi connectivity index (χ4n) is 2.86. The van der Waals surface area contributed by atoms with E-state index in [1.807, 2.05) is 68.4 Å². The number of carbonyl (C=O) groups excluding carboxylic acids is 1. The topological polar surface area (TPSA) is 67.0 Å². The van der Waals surface area contributed by atoms with Crippen molar-refractivity contribution in [3.63, 3.8) is 0 Å². The highest BCUT2D eigenvalue weighted by Crippen LogP contribution is 2.30. The van der Waals surface area contributed by atoms with Gasteiger partial charge in [-0.3, -0.25) is 14.9 Å². The summed E-state index contributed by atoms with van der Waals surface area (Å²) in [4.78, 5) is 12.6. The minimum atomic E-state index is -0.460. The Morgan fingerprint density at radius 1 is 1.13 bits per heavy atom. The SMILES string of the molecule is Cc1ccc(C)n1NC(=O)/C(C#N)=C\c1cc(I)c(OCc2ccc(Cl)cc2)c(I)c1. The lowest BCUT2D eigenvalue weighted by Gasteiger charge is -2.12. The van der Waals surface area contributed by atoms with Gasteiger partial charge in [-0.1, -0.05) is 23.7 Å². The first kappa shape index (κ1) is 23.6. The Labute approximate surface area is 213 Å². The van der Waals surface area contributed by atoms with E-state index in [1.54, 1.807) is 10.8 Å². The van der Waals surface area contributed by atoms with Gasteiger partial charge in [-0.2, -0.15) is 5.26 Å². The Balaban J connectivity index is 1.78. The molecule has 0 saturated carbocycles. The van der Waals surface area contributed by atoms with Gasteiger partial charge in [-0.15, -0.1) is 0 Å². The highest BCUT2D eigenvalue weighted by molar-refractivity contribution is 14.1. The van der Waals surface area contributed by atoms with Gasteiger partial charge >= 0.3 is 0 Å². The lowest BCUT2D eigenvalue weighted by Crippen LogP contribution is -2.25. The Morgan fingerprint density at radius 3 is 2.26 bits per heavy atom. The van der Waals surface area contributed by atoms with Crippen LogP contribution in [0, 0.1) is 32.3 Å². The molecule has 31 heavy (non-hydrogen) atoms. The molecule has 0 bridgehead atoms. The maximum atomic E-state index is 12.6. The monoisotopic (exact) mass is 657 g/mol. The highest BCUT2D eigenvalue weighted by Gasteiger charge is 2.14. The van der Waals surface area contributed by atoms with E-state index < -0.39 is 5.91 Å². The van der Waals surface area contributed by atoms with Crippen LogP contribution in [0.3, 0.4) is 0 Å². The second-order valence-corrected chi connectivity index (χ2v) is 9.55. The molecule has 0 aliphatic carbocycles. The van der Waals surface area contributed by atoms with E-state index in [9.17, 15) is 10.1 Å². The van der Waals surface area contributed by atoms with Gasteiger partial charge in [0.1, 0.15) is 24.0 Å². The fraction of sp³-hybridized carbons (Fsp3) is 0.130. The van der Waals surface area contributed by atoms with Crippen molar-refractivity contribution in [2.24, 2.45) is 0 Å². The number of benzene rings is 2. The first-order valence-electron chi connectivity index (χ1n) is 9.23. The van der Waals surface area contributed by atoms with Gasteiger partial charge in [0.15, 0.2) is 0 Å². The number of ether oxygens (including phenoxy) is 1. The lowest BCUT2D eigenvalue weighted by molar-refractivity contribution is -0.113. The summed E-state index contributed by atoms with van der Waals surface area (Å²) >= 11 is 10.3. The largest absolute Gasteiger partial charge is 0.487 e. The molecule has 1 amide bonds. The van der Waals surface area contributed by atoms with Crippen LogP contribution in [-0.2, 0) is 11.4 Å². The molecule has 1 N–H and O–H groups in total. The lowest BCUT2D eigenvalue weighted by atomic mass is 10.1. The van der Waals surface area contributed by atoms with Crippen molar-refractivity contribution in [3.05, 3.63) is 88.8 Å². The third-order valence-electron chi connectivity index (χ3n) is 4.48. The minimum absolute atomic E-state index is 0.0222. The number of nitrogens with zero attached hydrogens (tertiary/aromatic N) is 2. The number of halogens is 3. The summed E-state index contributed by atoms with van der Waals surface area (Å²) < 4.78 is 9.44. The zero-order valence-electron chi connectivity index (χ0n) is 16.7. The molecule has 2 aromatic carbocycles. The molecule has 0 radical (unpaired) electrons. The quantitative estimate of drug-likeness (QED) is 0.195. The van der Waals surface area contributed by atoms with Crippen molar-refractivity contribution < 1.29 is 9.53 Å². The Kier molecular flexibility index (Phi) is 8.02. The first-order valence-corrected chi connectivity index (χ1v) is 11.8. The van der Waals surface area contributed by atoms with Crippen molar-refractivity contribution in [1.29, 1.82) is 5.26 Å². The predicted octanol–water partition coefficient (Wildman–Crippen LogP) is 6.22. The van der Waals surface area contributed by atoms with E-state index in [0.717, 1.165) is 35.4 Å². The molecule has 0 saturated heterocycles. The molecular weight excluding hydrogens is 640 g/mol. The van der Waals surface area contributed by atoms with Crippen LogP contribution in [0.1, 0.15) is 22.5 Å². The van der Waals surface area contributed by atoms with E-state index in [1.165, 1.54) is 0 Å². The van der Waals surface area contributed by atoms with Crippen LogP contribution < -0.4 is 10.2 Å². The highest BCUT2D eigenvalue weighted by atomic mass is 127. The minimum Gasteiger partial charge on any atom is -0.487 e. The van der Waals surface area contributed by atoms with Gasteiger partial charge in [-0.05, 0) is 113 Å². The van der Waals surface area contributed by atoms with Crippen LogP contribution in [0.2, 0.25) is 5.02 Å². The molecule has 1 heterocycles. The van der Waals surface area contributed by atoms with Gasteiger partial charge in [0.25, 0.3) is 5.91 Å². The van der Waals surface area contributed by atoms with Gasteiger partial charge in [0, 0.05) is 16.4 Å². The number of rotatable bonds is 6. The molecule has 3 rings (SSSR count). The molecule has 3 aromatic rings. The summed E-state index contributed by atoms with van der Waals surface area (Å²) in [6.07, 6.45) is 1.58. The second-order valence-electron chi connectivity index (χ2n) is 6.79.